The molecule has 0 aromatic carbocycles. The van der Waals surface area contributed by atoms with E-state index < -0.39 is 0 Å². The van der Waals surface area contributed by atoms with Gasteiger partial charge in [-0.3, -0.25) is 4.68 Å². The van der Waals surface area contributed by atoms with Crippen LogP contribution in [0.15, 0.2) is 18.3 Å². The maximum atomic E-state index is 5.80. The number of nitrogens with two attached hydrogens (primary N) is 1. The van der Waals surface area contributed by atoms with Crippen molar-refractivity contribution in [3.8, 4) is 11.4 Å². The Bertz CT molecular complexity index is 411. The first kappa shape index (κ1) is 7.91. The fourth-order valence-electron chi connectivity index (χ4n) is 1.38. The van der Waals surface area contributed by atoms with Crippen LogP contribution in [0.4, 0.5) is 5.82 Å². The van der Waals surface area contributed by atoms with Crippen LogP contribution in [0, 0.1) is 6.92 Å². The van der Waals surface area contributed by atoms with Gasteiger partial charge in [-0.1, -0.05) is 0 Å². The summed E-state index contributed by atoms with van der Waals surface area (Å²) in [6.45, 7) is 1.97. The van der Waals surface area contributed by atoms with Crippen molar-refractivity contribution in [1.82, 2.24) is 14.8 Å². The molecule has 0 bridgehead atoms. The van der Waals surface area contributed by atoms with Crippen molar-refractivity contribution in [3.63, 3.8) is 0 Å². The van der Waals surface area contributed by atoms with E-state index in [2.05, 4.69) is 10.1 Å². The van der Waals surface area contributed by atoms with E-state index in [1.165, 1.54) is 0 Å². The summed E-state index contributed by atoms with van der Waals surface area (Å²) < 4.78 is 1.69. The van der Waals surface area contributed by atoms with Crippen molar-refractivity contribution in [2.45, 2.75) is 6.92 Å². The molecule has 2 aromatic heterocycles. The number of aryl methyl sites for hydroxylation is 1. The van der Waals surface area contributed by atoms with Gasteiger partial charge in [-0.25, -0.2) is 0 Å². The van der Waals surface area contributed by atoms with Crippen molar-refractivity contribution >= 4 is 5.82 Å². The summed E-state index contributed by atoms with van der Waals surface area (Å²) in [5.74, 6) is 0.713. The first-order chi connectivity index (χ1) is 6.20. The molecule has 0 aliphatic heterocycles. The quantitative estimate of drug-likeness (QED) is 0.688. The molecule has 13 heavy (non-hydrogen) atoms. The summed E-state index contributed by atoms with van der Waals surface area (Å²) in [7, 11) is 1.84. The highest BCUT2D eigenvalue weighted by molar-refractivity contribution is 5.64. The fraction of sp³-hybridized carbons (Fsp3) is 0.222. The van der Waals surface area contributed by atoms with Crippen LogP contribution in [0.25, 0.3) is 11.4 Å². The smallest absolute Gasteiger partial charge is 0.124 e. The molecule has 0 radical (unpaired) electrons. The largest absolute Gasteiger partial charge is 0.384 e. The zero-order valence-corrected chi connectivity index (χ0v) is 7.70. The minimum atomic E-state index is 0.713. The molecule has 0 atom stereocenters. The third-order valence-corrected chi connectivity index (χ3v) is 2.19. The van der Waals surface area contributed by atoms with E-state index in [1.54, 1.807) is 4.68 Å². The minimum absolute atomic E-state index is 0.713. The van der Waals surface area contributed by atoms with Crippen LogP contribution in [0.3, 0.4) is 0 Å². The normalized spacial score (nSPS) is 10.6. The van der Waals surface area contributed by atoms with Crippen molar-refractivity contribution in [1.29, 1.82) is 0 Å². The first-order valence-corrected chi connectivity index (χ1v) is 4.13. The lowest BCUT2D eigenvalue weighted by Gasteiger charge is -1.92. The standard InChI is InChI=1S/C9H12N4/c1-6-8(7-4-3-5-11-7)12-13(2)9(6)10/h3-5,11H,10H2,1-2H3. The molecule has 4 nitrogen and oxygen atoms in total. The number of nitrogen functional groups attached to an aromatic ring is 1. The number of H-pyrrole nitrogens is 1. The maximum Gasteiger partial charge on any atom is 0.124 e. The molecule has 0 saturated heterocycles. The van der Waals surface area contributed by atoms with Gasteiger partial charge in [0, 0.05) is 18.8 Å². The third kappa shape index (κ3) is 1.11. The summed E-state index contributed by atoms with van der Waals surface area (Å²) in [5, 5.41) is 4.31. The van der Waals surface area contributed by atoms with E-state index >= 15 is 0 Å². The van der Waals surface area contributed by atoms with Gasteiger partial charge >= 0.3 is 0 Å². The predicted molar refractivity (Wildman–Crippen MR) is 52.1 cm³/mol. The summed E-state index contributed by atoms with van der Waals surface area (Å²) in [4.78, 5) is 3.10. The molecule has 0 aliphatic carbocycles. The van der Waals surface area contributed by atoms with Gasteiger partial charge in [-0.15, -0.1) is 0 Å². The Balaban J connectivity index is 2.59. The number of nitrogens with one attached hydrogen (secondary N) is 1. The summed E-state index contributed by atoms with van der Waals surface area (Å²) >= 11 is 0. The topological polar surface area (TPSA) is 59.6 Å². The number of aromatic amines is 1. The molecule has 0 amide bonds. The molecule has 68 valence electrons. The lowest BCUT2D eigenvalue weighted by atomic mass is 10.2. The van der Waals surface area contributed by atoms with Gasteiger partial charge in [0.1, 0.15) is 11.5 Å². The molecule has 0 fully saturated rings. The number of hydrogen-bond acceptors (Lipinski definition) is 2. The van der Waals surface area contributed by atoms with E-state index in [9.17, 15) is 0 Å². The molecule has 2 rings (SSSR count). The van der Waals surface area contributed by atoms with E-state index in [0.717, 1.165) is 17.0 Å². The molecular formula is C9H12N4. The van der Waals surface area contributed by atoms with Crippen LogP contribution in [0.5, 0.6) is 0 Å². The third-order valence-electron chi connectivity index (χ3n) is 2.19. The SMILES string of the molecule is Cc1c(-c2ccc[nH]2)nn(C)c1N. The fourth-order valence-corrected chi connectivity index (χ4v) is 1.38. The number of aromatic nitrogens is 3. The van der Waals surface area contributed by atoms with E-state index in [1.807, 2.05) is 32.3 Å². The average Bonchev–Trinajstić information content (AvgIpc) is 2.70. The molecule has 4 heteroatoms. The van der Waals surface area contributed by atoms with Crippen LogP contribution in [-0.4, -0.2) is 14.8 Å². The van der Waals surface area contributed by atoms with Crippen molar-refractivity contribution in [3.05, 3.63) is 23.9 Å². The average molecular weight is 176 g/mol. The van der Waals surface area contributed by atoms with Crippen LogP contribution >= 0.6 is 0 Å². The Hall–Kier alpha value is -1.71. The van der Waals surface area contributed by atoms with Crippen LogP contribution in [0.1, 0.15) is 5.56 Å². The van der Waals surface area contributed by atoms with Gasteiger partial charge in [-0.2, -0.15) is 5.10 Å². The summed E-state index contributed by atoms with van der Waals surface area (Å²) in [5.41, 5.74) is 8.74. The lowest BCUT2D eigenvalue weighted by Crippen LogP contribution is -1.97. The molecule has 3 N–H and O–H groups in total. The van der Waals surface area contributed by atoms with Crippen LogP contribution in [-0.2, 0) is 7.05 Å². The molecule has 0 saturated carbocycles. The van der Waals surface area contributed by atoms with E-state index in [-0.39, 0.29) is 0 Å². The Morgan fingerprint density at radius 2 is 2.31 bits per heavy atom. The monoisotopic (exact) mass is 176 g/mol. The molecule has 2 heterocycles. The Kier molecular flexibility index (Phi) is 1.62. The number of hydrogen-bond donors (Lipinski definition) is 2. The molecule has 2 aromatic rings. The van der Waals surface area contributed by atoms with Crippen molar-refractivity contribution in [2.24, 2.45) is 7.05 Å². The highest BCUT2D eigenvalue weighted by Crippen LogP contribution is 2.23. The van der Waals surface area contributed by atoms with Gasteiger partial charge in [0.2, 0.25) is 0 Å². The first-order valence-electron chi connectivity index (χ1n) is 4.13. The lowest BCUT2D eigenvalue weighted by molar-refractivity contribution is 0.781. The highest BCUT2D eigenvalue weighted by Gasteiger charge is 2.11. The van der Waals surface area contributed by atoms with Crippen molar-refractivity contribution in [2.75, 3.05) is 5.73 Å². The van der Waals surface area contributed by atoms with Gasteiger partial charge < -0.3 is 10.7 Å². The van der Waals surface area contributed by atoms with E-state index in [0.29, 0.717) is 5.82 Å². The molecule has 0 spiro atoms. The number of rotatable bonds is 1. The second-order valence-corrected chi connectivity index (χ2v) is 3.07. The van der Waals surface area contributed by atoms with E-state index in [4.69, 9.17) is 5.73 Å². The summed E-state index contributed by atoms with van der Waals surface area (Å²) in [6.07, 6.45) is 1.87. The number of nitrogens with zero attached hydrogens (tertiary/aromatic N) is 2. The summed E-state index contributed by atoms with van der Waals surface area (Å²) in [6, 6.07) is 3.93. The zero-order chi connectivity index (χ0) is 9.42. The van der Waals surface area contributed by atoms with Gasteiger partial charge in [-0.05, 0) is 19.1 Å². The molecular weight excluding hydrogens is 164 g/mol. The predicted octanol–water partition coefficient (Wildman–Crippen LogP) is 1.31. The van der Waals surface area contributed by atoms with Crippen LogP contribution in [0.2, 0.25) is 0 Å². The zero-order valence-electron chi connectivity index (χ0n) is 7.70. The Morgan fingerprint density at radius 1 is 1.54 bits per heavy atom. The minimum Gasteiger partial charge on any atom is -0.384 e. The molecule has 0 unspecified atom stereocenters. The number of anilines is 1. The van der Waals surface area contributed by atoms with Crippen LogP contribution < -0.4 is 5.73 Å². The highest BCUT2D eigenvalue weighted by atomic mass is 15.3. The molecule has 0 aliphatic rings. The van der Waals surface area contributed by atoms with Crippen molar-refractivity contribution < 1.29 is 0 Å². The van der Waals surface area contributed by atoms with Gasteiger partial charge in [0.15, 0.2) is 0 Å². The maximum absolute atomic E-state index is 5.80. The van der Waals surface area contributed by atoms with Gasteiger partial charge in [0.25, 0.3) is 0 Å². The second-order valence-electron chi connectivity index (χ2n) is 3.07. The van der Waals surface area contributed by atoms with Gasteiger partial charge in [0.05, 0.1) is 5.69 Å². The Labute approximate surface area is 76.4 Å². The Morgan fingerprint density at radius 3 is 2.77 bits per heavy atom. The second kappa shape index (κ2) is 2.65.